The van der Waals surface area contributed by atoms with E-state index in [0.717, 1.165) is 40.9 Å². The summed E-state index contributed by atoms with van der Waals surface area (Å²) < 4.78 is 19.3. The van der Waals surface area contributed by atoms with Gasteiger partial charge in [-0.2, -0.15) is 0 Å². The average Bonchev–Trinajstić information content (AvgIpc) is 2.90. The van der Waals surface area contributed by atoms with Crippen LogP contribution in [0.15, 0.2) is 18.2 Å². The molecule has 7 heteroatoms. The number of esters is 1. The van der Waals surface area contributed by atoms with E-state index in [0.29, 0.717) is 0 Å². The fourth-order valence-electron chi connectivity index (χ4n) is 2.75. The highest BCUT2D eigenvalue weighted by molar-refractivity contribution is 7.11. The summed E-state index contributed by atoms with van der Waals surface area (Å²) in [5, 5.41) is 3.32. The summed E-state index contributed by atoms with van der Waals surface area (Å²) in [5.41, 5.74) is 1.17. The Morgan fingerprint density at radius 3 is 2.96 bits per heavy atom. The maximum atomic E-state index is 13.7. The molecule has 0 saturated carbocycles. The summed E-state index contributed by atoms with van der Waals surface area (Å²) in [6.45, 7) is 3.21. The minimum Gasteiger partial charge on any atom is -0.453 e. The van der Waals surface area contributed by atoms with Crippen LogP contribution < -0.4 is 5.32 Å². The number of halogens is 1. The predicted octanol–water partition coefficient (Wildman–Crippen LogP) is 3.78. The summed E-state index contributed by atoms with van der Waals surface area (Å²) in [5.74, 6) is -1.54. The molecule has 1 aromatic carbocycles. The average molecular weight is 348 g/mol. The van der Waals surface area contributed by atoms with Crippen molar-refractivity contribution in [3.05, 3.63) is 45.2 Å². The topological polar surface area (TPSA) is 68.3 Å². The van der Waals surface area contributed by atoms with E-state index < -0.39 is 17.7 Å². The van der Waals surface area contributed by atoms with E-state index in [1.54, 1.807) is 11.3 Å². The van der Waals surface area contributed by atoms with Crippen molar-refractivity contribution in [2.75, 3.05) is 5.32 Å². The molecule has 1 amide bonds. The molecule has 1 heterocycles. The lowest BCUT2D eigenvalue weighted by Crippen LogP contribution is -2.16. The van der Waals surface area contributed by atoms with Gasteiger partial charge in [0.05, 0.1) is 26.8 Å². The van der Waals surface area contributed by atoms with Crippen molar-refractivity contribution >= 4 is 28.9 Å². The van der Waals surface area contributed by atoms with Crippen LogP contribution in [0.5, 0.6) is 0 Å². The van der Waals surface area contributed by atoms with Crippen molar-refractivity contribution in [3.8, 4) is 0 Å². The molecule has 1 aromatic heterocycles. The first-order valence-electron chi connectivity index (χ1n) is 7.68. The Morgan fingerprint density at radius 1 is 1.42 bits per heavy atom. The number of rotatable bonds is 3. The Labute approximate surface area is 142 Å². The number of aromatic nitrogens is 1. The Balaban J connectivity index is 1.79. The van der Waals surface area contributed by atoms with Crippen molar-refractivity contribution in [1.82, 2.24) is 4.98 Å². The molecule has 1 atom stereocenters. The number of hydrogen-bond donors (Lipinski definition) is 1. The minimum absolute atomic E-state index is 0.0325. The normalized spacial score (nSPS) is 16.4. The van der Waals surface area contributed by atoms with Crippen LogP contribution in [0.4, 0.5) is 10.1 Å². The summed E-state index contributed by atoms with van der Waals surface area (Å²) in [4.78, 5) is 29.0. The Hall–Kier alpha value is -2.28. The van der Waals surface area contributed by atoms with E-state index in [1.807, 2.05) is 6.92 Å². The number of fused-ring (bicyclic) bond motifs is 1. The van der Waals surface area contributed by atoms with Crippen molar-refractivity contribution in [3.63, 3.8) is 0 Å². The van der Waals surface area contributed by atoms with Crippen LogP contribution in [0.3, 0.4) is 0 Å². The van der Waals surface area contributed by atoms with Gasteiger partial charge in [0.1, 0.15) is 11.9 Å². The lowest BCUT2D eigenvalue weighted by Gasteiger charge is -2.21. The highest BCUT2D eigenvalue weighted by Crippen LogP contribution is 2.37. The number of aryl methyl sites for hydroxylation is 2. The first kappa shape index (κ1) is 16.6. The van der Waals surface area contributed by atoms with E-state index in [4.69, 9.17) is 4.74 Å². The van der Waals surface area contributed by atoms with Crippen molar-refractivity contribution in [2.24, 2.45) is 0 Å². The van der Waals surface area contributed by atoms with Gasteiger partial charge in [0.25, 0.3) is 0 Å². The van der Waals surface area contributed by atoms with Gasteiger partial charge >= 0.3 is 5.97 Å². The van der Waals surface area contributed by atoms with Crippen molar-refractivity contribution in [1.29, 1.82) is 0 Å². The Kier molecular flexibility index (Phi) is 4.62. The molecule has 126 valence electrons. The summed E-state index contributed by atoms with van der Waals surface area (Å²) in [6.07, 6.45) is 2.24. The number of amides is 1. The second-order valence-corrected chi connectivity index (χ2v) is 6.94. The molecule has 1 aliphatic rings. The van der Waals surface area contributed by atoms with Gasteiger partial charge in [-0.1, -0.05) is 0 Å². The highest BCUT2D eigenvalue weighted by atomic mass is 32.1. The second kappa shape index (κ2) is 6.68. The maximum Gasteiger partial charge on any atom is 0.338 e. The monoisotopic (exact) mass is 348 g/mol. The van der Waals surface area contributed by atoms with Gasteiger partial charge in [-0.15, -0.1) is 11.3 Å². The molecule has 0 aliphatic heterocycles. The van der Waals surface area contributed by atoms with Crippen molar-refractivity contribution < 1.29 is 18.7 Å². The standard InChI is InChI=1S/C17H17FN2O3S/c1-9(21)19-14-8-11(6-7-12(14)18)17(22)23-15-5-3-4-13-16(15)24-10(2)20-13/h6-8,15H,3-5H2,1-2H3,(H,19,21)/t15-/m0/s1. The number of nitrogens with one attached hydrogen (secondary N) is 1. The highest BCUT2D eigenvalue weighted by Gasteiger charge is 2.27. The first-order chi connectivity index (χ1) is 11.4. The third kappa shape index (κ3) is 3.46. The van der Waals surface area contributed by atoms with Gasteiger partial charge < -0.3 is 10.1 Å². The molecular weight excluding hydrogens is 331 g/mol. The van der Waals surface area contributed by atoms with Crippen LogP contribution in [-0.4, -0.2) is 16.9 Å². The smallest absolute Gasteiger partial charge is 0.338 e. The minimum atomic E-state index is -0.597. The number of ether oxygens (including phenoxy) is 1. The largest absolute Gasteiger partial charge is 0.453 e. The van der Waals surface area contributed by atoms with Gasteiger partial charge in [0.15, 0.2) is 0 Å². The van der Waals surface area contributed by atoms with Gasteiger partial charge in [-0.05, 0) is 44.4 Å². The zero-order valence-electron chi connectivity index (χ0n) is 13.4. The molecule has 0 bridgehead atoms. The zero-order chi connectivity index (χ0) is 17.3. The lowest BCUT2D eigenvalue weighted by molar-refractivity contribution is -0.114. The molecule has 0 saturated heterocycles. The summed E-state index contributed by atoms with van der Waals surface area (Å²) in [7, 11) is 0. The van der Waals surface area contributed by atoms with Crippen molar-refractivity contribution in [2.45, 2.75) is 39.2 Å². The van der Waals surface area contributed by atoms with E-state index in [9.17, 15) is 14.0 Å². The molecule has 5 nitrogen and oxygen atoms in total. The van der Waals surface area contributed by atoms with Crippen LogP contribution in [0, 0.1) is 12.7 Å². The third-order valence-electron chi connectivity index (χ3n) is 3.77. The molecular formula is C17H17FN2O3S. The fraction of sp³-hybridized carbons (Fsp3) is 0.353. The Bertz CT molecular complexity index is 803. The molecule has 0 fully saturated rings. The second-order valence-electron chi connectivity index (χ2n) is 5.71. The number of thiazole rings is 1. The summed E-state index contributed by atoms with van der Waals surface area (Å²) in [6, 6.07) is 3.79. The van der Waals surface area contributed by atoms with Crippen LogP contribution in [0.25, 0.3) is 0 Å². The zero-order valence-corrected chi connectivity index (χ0v) is 14.2. The van der Waals surface area contributed by atoms with Gasteiger partial charge in [0.2, 0.25) is 5.91 Å². The lowest BCUT2D eigenvalue weighted by atomic mass is 10.0. The van der Waals surface area contributed by atoms with Gasteiger partial charge in [-0.3, -0.25) is 4.79 Å². The number of benzene rings is 1. The van der Waals surface area contributed by atoms with Crippen LogP contribution in [-0.2, 0) is 16.0 Å². The molecule has 0 spiro atoms. The number of anilines is 1. The van der Waals surface area contributed by atoms with Crippen LogP contribution >= 0.6 is 11.3 Å². The van der Waals surface area contributed by atoms with E-state index in [2.05, 4.69) is 10.3 Å². The molecule has 3 rings (SSSR count). The number of carbonyl (C=O) groups excluding carboxylic acids is 2. The number of nitrogens with zero attached hydrogens (tertiary/aromatic N) is 1. The fourth-order valence-corrected chi connectivity index (χ4v) is 3.79. The molecule has 0 radical (unpaired) electrons. The van der Waals surface area contributed by atoms with E-state index in [-0.39, 0.29) is 17.4 Å². The van der Waals surface area contributed by atoms with Crippen LogP contribution in [0.1, 0.15) is 51.8 Å². The van der Waals surface area contributed by atoms with Gasteiger partial charge in [-0.25, -0.2) is 14.2 Å². The predicted molar refractivity (Wildman–Crippen MR) is 88.6 cm³/mol. The van der Waals surface area contributed by atoms with Crippen LogP contribution in [0.2, 0.25) is 0 Å². The van der Waals surface area contributed by atoms with Gasteiger partial charge in [0, 0.05) is 6.92 Å². The third-order valence-corrected chi connectivity index (χ3v) is 4.87. The summed E-state index contributed by atoms with van der Waals surface area (Å²) >= 11 is 1.54. The number of hydrogen-bond acceptors (Lipinski definition) is 5. The number of carbonyl (C=O) groups is 2. The Morgan fingerprint density at radius 2 is 2.21 bits per heavy atom. The molecule has 24 heavy (non-hydrogen) atoms. The molecule has 1 aliphatic carbocycles. The molecule has 2 aromatic rings. The SMILES string of the molecule is CC(=O)Nc1cc(C(=O)O[C@H]2CCCc3nc(C)sc32)ccc1F. The quantitative estimate of drug-likeness (QED) is 0.857. The molecule has 0 unspecified atom stereocenters. The maximum absolute atomic E-state index is 13.7. The molecule has 1 N–H and O–H groups in total. The van der Waals surface area contributed by atoms with E-state index in [1.165, 1.54) is 19.1 Å². The van der Waals surface area contributed by atoms with E-state index >= 15 is 0 Å². The first-order valence-corrected chi connectivity index (χ1v) is 8.50.